The predicted octanol–water partition coefficient (Wildman–Crippen LogP) is 4.58. The van der Waals surface area contributed by atoms with Gasteiger partial charge < -0.3 is 10.1 Å². The van der Waals surface area contributed by atoms with Gasteiger partial charge in [0.05, 0.1) is 18.2 Å². The van der Waals surface area contributed by atoms with Gasteiger partial charge in [-0.25, -0.2) is 13.9 Å². The summed E-state index contributed by atoms with van der Waals surface area (Å²) in [4.78, 5) is 41.7. The zero-order valence-electron chi connectivity index (χ0n) is 22.1. The van der Waals surface area contributed by atoms with Gasteiger partial charge in [0.1, 0.15) is 23.9 Å². The fourth-order valence-electron chi connectivity index (χ4n) is 5.20. The Kier molecular flexibility index (Phi) is 8.14. The summed E-state index contributed by atoms with van der Waals surface area (Å²) in [6.45, 7) is -0.273. The molecule has 1 aliphatic carbocycles. The molecule has 0 saturated heterocycles. The molecule has 3 aromatic carbocycles. The second kappa shape index (κ2) is 12.1. The Labute approximate surface area is 230 Å². The van der Waals surface area contributed by atoms with Crippen LogP contribution in [-0.2, 0) is 20.9 Å². The van der Waals surface area contributed by atoms with E-state index < -0.39 is 29.6 Å². The van der Waals surface area contributed by atoms with Gasteiger partial charge in [-0.1, -0.05) is 60.9 Å². The normalized spacial score (nSPS) is 14.4. The van der Waals surface area contributed by atoms with Crippen LogP contribution in [0.5, 0.6) is 0 Å². The number of hydrogen-bond acceptors (Lipinski definition) is 6. The number of amides is 2. The first-order valence-corrected chi connectivity index (χ1v) is 13.3. The molecule has 1 saturated carbocycles. The van der Waals surface area contributed by atoms with E-state index >= 15 is 4.39 Å². The number of rotatable bonds is 8. The van der Waals surface area contributed by atoms with E-state index in [0.29, 0.717) is 11.0 Å². The van der Waals surface area contributed by atoms with Crippen LogP contribution in [0.1, 0.15) is 54.1 Å². The van der Waals surface area contributed by atoms with Crippen molar-refractivity contribution in [1.82, 2.24) is 20.3 Å². The molecule has 1 heterocycles. The number of esters is 1. The number of carbonyl (C=O) groups excluding carboxylic acids is 3. The van der Waals surface area contributed by atoms with Crippen LogP contribution >= 0.6 is 0 Å². The van der Waals surface area contributed by atoms with Gasteiger partial charge in [-0.05, 0) is 49.2 Å². The number of nitrogens with one attached hydrogen (secondary N) is 1. The monoisotopic (exact) mass is 543 g/mol. The first kappa shape index (κ1) is 27.0. The molecule has 0 spiro atoms. The van der Waals surface area contributed by atoms with Crippen molar-refractivity contribution in [1.29, 1.82) is 0 Å². The predicted molar refractivity (Wildman–Crippen MR) is 147 cm³/mol. The number of ether oxygens (including phenoxy) is 1. The molecule has 1 aromatic heterocycles. The minimum atomic E-state index is -1.35. The highest BCUT2D eigenvalue weighted by molar-refractivity contribution is 6.02. The average molecular weight is 544 g/mol. The standard InChI is InChI=1S/C30H30FN5O4/c1-40-30(39)20-10-9-13-22(18-20)36(27(37)19-35-26-17-8-7-16-25(26)33-34-35)28(23-14-5-6-15-24(23)31)29(38)32-21-11-3-2-4-12-21/h5-10,13-18,21,28H,2-4,11-12,19H2,1H3,(H,32,38). The van der Waals surface area contributed by atoms with E-state index in [1.807, 2.05) is 12.1 Å². The molecular formula is C30H30FN5O4. The SMILES string of the molecule is COC(=O)c1cccc(N(C(=O)Cn2nnc3ccccc32)C(C(=O)NC2CCCCC2)c2ccccc2F)c1. The number of halogens is 1. The molecule has 0 aliphatic heterocycles. The number of carbonyl (C=O) groups is 3. The summed E-state index contributed by atoms with van der Waals surface area (Å²) in [7, 11) is 1.26. The average Bonchev–Trinajstić information content (AvgIpc) is 3.39. The number of nitrogens with zero attached hydrogens (tertiary/aromatic N) is 4. The summed E-state index contributed by atoms with van der Waals surface area (Å²) < 4.78 is 21.7. The van der Waals surface area contributed by atoms with E-state index in [2.05, 4.69) is 15.6 Å². The van der Waals surface area contributed by atoms with Crippen LogP contribution in [0.3, 0.4) is 0 Å². The third-order valence-corrected chi connectivity index (χ3v) is 7.18. The van der Waals surface area contributed by atoms with E-state index in [1.165, 1.54) is 41.0 Å². The van der Waals surface area contributed by atoms with Crippen LogP contribution < -0.4 is 10.2 Å². The highest BCUT2D eigenvalue weighted by Gasteiger charge is 2.36. The summed E-state index contributed by atoms with van der Waals surface area (Å²) in [6, 6.07) is 17.9. The summed E-state index contributed by atoms with van der Waals surface area (Å²) in [6.07, 6.45) is 4.69. The smallest absolute Gasteiger partial charge is 0.337 e. The van der Waals surface area contributed by atoms with Crippen molar-refractivity contribution < 1.29 is 23.5 Å². The molecule has 1 N–H and O–H groups in total. The molecular weight excluding hydrogens is 513 g/mol. The number of methoxy groups -OCH3 is 1. The molecule has 4 aromatic rings. The maximum atomic E-state index is 15.3. The van der Waals surface area contributed by atoms with Gasteiger partial charge in [0, 0.05) is 17.3 Å². The molecule has 10 heteroatoms. The van der Waals surface area contributed by atoms with Crippen molar-refractivity contribution >= 4 is 34.5 Å². The molecule has 1 fully saturated rings. The van der Waals surface area contributed by atoms with Crippen molar-refractivity contribution in [3.8, 4) is 0 Å². The minimum absolute atomic E-state index is 0.0380. The molecule has 9 nitrogen and oxygen atoms in total. The van der Waals surface area contributed by atoms with Gasteiger partial charge >= 0.3 is 5.97 Å². The zero-order valence-corrected chi connectivity index (χ0v) is 22.1. The van der Waals surface area contributed by atoms with E-state index in [1.54, 1.807) is 36.4 Å². The molecule has 1 aliphatic rings. The molecule has 0 bridgehead atoms. The number of anilines is 1. The fourth-order valence-corrected chi connectivity index (χ4v) is 5.20. The third kappa shape index (κ3) is 5.70. The van der Waals surface area contributed by atoms with Crippen LogP contribution in [0, 0.1) is 5.82 Å². The summed E-state index contributed by atoms with van der Waals surface area (Å²) >= 11 is 0. The Bertz CT molecular complexity index is 1530. The Morgan fingerprint density at radius 2 is 1.77 bits per heavy atom. The lowest BCUT2D eigenvalue weighted by molar-refractivity contribution is -0.127. The zero-order chi connectivity index (χ0) is 28.1. The minimum Gasteiger partial charge on any atom is -0.465 e. The Morgan fingerprint density at radius 1 is 1.02 bits per heavy atom. The topological polar surface area (TPSA) is 106 Å². The largest absolute Gasteiger partial charge is 0.465 e. The van der Waals surface area contributed by atoms with E-state index in [-0.39, 0.29) is 29.4 Å². The molecule has 206 valence electrons. The van der Waals surface area contributed by atoms with Crippen molar-refractivity contribution in [3.63, 3.8) is 0 Å². The van der Waals surface area contributed by atoms with Crippen molar-refractivity contribution in [2.24, 2.45) is 0 Å². The Morgan fingerprint density at radius 3 is 2.55 bits per heavy atom. The molecule has 1 atom stereocenters. The number of hydrogen-bond donors (Lipinski definition) is 1. The highest BCUT2D eigenvalue weighted by Crippen LogP contribution is 2.32. The second-order valence-electron chi connectivity index (χ2n) is 9.81. The van der Waals surface area contributed by atoms with Crippen LogP contribution in [-0.4, -0.2) is 45.9 Å². The Hall–Kier alpha value is -4.60. The van der Waals surface area contributed by atoms with Crippen LogP contribution in [0.15, 0.2) is 72.8 Å². The highest BCUT2D eigenvalue weighted by atomic mass is 19.1. The third-order valence-electron chi connectivity index (χ3n) is 7.18. The molecule has 1 unspecified atom stereocenters. The van der Waals surface area contributed by atoms with Crippen LogP contribution in [0.25, 0.3) is 11.0 Å². The number of aromatic nitrogens is 3. The van der Waals surface area contributed by atoms with Crippen molar-refractivity contribution in [2.75, 3.05) is 12.0 Å². The first-order chi connectivity index (χ1) is 19.5. The summed E-state index contributed by atoms with van der Waals surface area (Å²) in [5.74, 6) is -2.27. The maximum absolute atomic E-state index is 15.3. The lowest BCUT2D eigenvalue weighted by Gasteiger charge is -2.33. The van der Waals surface area contributed by atoms with Gasteiger partial charge in [0.2, 0.25) is 11.8 Å². The van der Waals surface area contributed by atoms with Crippen molar-refractivity contribution in [2.45, 2.75) is 50.7 Å². The fraction of sp³-hybridized carbons (Fsp3) is 0.300. The van der Waals surface area contributed by atoms with E-state index in [4.69, 9.17) is 4.74 Å². The summed E-state index contributed by atoms with van der Waals surface area (Å²) in [5, 5.41) is 11.3. The van der Waals surface area contributed by atoms with Crippen LogP contribution in [0.2, 0.25) is 0 Å². The number of fused-ring (bicyclic) bond motifs is 1. The molecule has 0 radical (unpaired) electrons. The van der Waals surface area contributed by atoms with E-state index in [0.717, 1.165) is 32.1 Å². The van der Waals surface area contributed by atoms with Gasteiger partial charge in [-0.3, -0.25) is 14.5 Å². The number of benzene rings is 3. The van der Waals surface area contributed by atoms with E-state index in [9.17, 15) is 14.4 Å². The molecule has 5 rings (SSSR count). The summed E-state index contributed by atoms with van der Waals surface area (Å²) in [5.41, 5.74) is 1.70. The molecule has 2 amide bonds. The lowest BCUT2D eigenvalue weighted by atomic mass is 9.94. The van der Waals surface area contributed by atoms with Gasteiger partial charge in [-0.2, -0.15) is 0 Å². The van der Waals surface area contributed by atoms with Gasteiger partial charge in [0.25, 0.3) is 0 Å². The Balaban J connectivity index is 1.61. The first-order valence-electron chi connectivity index (χ1n) is 13.3. The lowest BCUT2D eigenvalue weighted by Crippen LogP contribution is -2.48. The van der Waals surface area contributed by atoms with Gasteiger partial charge in [-0.15, -0.1) is 5.10 Å². The molecule has 40 heavy (non-hydrogen) atoms. The quantitative estimate of drug-likeness (QED) is 0.326. The second-order valence-corrected chi connectivity index (χ2v) is 9.81. The maximum Gasteiger partial charge on any atom is 0.337 e. The van der Waals surface area contributed by atoms with Gasteiger partial charge in [0.15, 0.2) is 0 Å². The van der Waals surface area contributed by atoms with Crippen LogP contribution in [0.4, 0.5) is 10.1 Å². The van der Waals surface area contributed by atoms with Crippen molar-refractivity contribution in [3.05, 3.63) is 89.7 Å². The number of para-hydroxylation sites is 1.